The number of halogens is 2. The average molecular weight is 376 g/mol. The van der Waals surface area contributed by atoms with Gasteiger partial charge in [0.1, 0.15) is 18.2 Å². The summed E-state index contributed by atoms with van der Waals surface area (Å²) in [6.45, 7) is 0.716. The Morgan fingerprint density at radius 3 is 2.68 bits per heavy atom. The Balaban J connectivity index is 1.53. The van der Waals surface area contributed by atoms with Crippen molar-refractivity contribution in [1.82, 2.24) is 5.32 Å². The number of rotatable bonds is 6. The predicted octanol–water partition coefficient (Wildman–Crippen LogP) is 5.05. The minimum atomic E-state index is -0.294. The van der Waals surface area contributed by atoms with Crippen LogP contribution in [0.2, 0.25) is 5.02 Å². The van der Waals surface area contributed by atoms with E-state index in [1.165, 1.54) is 23.5 Å². The summed E-state index contributed by atoms with van der Waals surface area (Å²) in [5.41, 5.74) is 1.76. The van der Waals surface area contributed by atoms with E-state index in [4.69, 9.17) is 16.3 Å². The van der Waals surface area contributed by atoms with Crippen molar-refractivity contribution < 1.29 is 13.9 Å². The van der Waals surface area contributed by atoms with Crippen molar-refractivity contribution in [3.05, 3.63) is 86.8 Å². The Morgan fingerprint density at radius 2 is 1.92 bits per heavy atom. The number of carbonyl (C=O) groups excluding carboxylic acids is 1. The molecule has 0 unspecified atom stereocenters. The zero-order valence-corrected chi connectivity index (χ0v) is 14.7. The molecule has 0 atom stereocenters. The van der Waals surface area contributed by atoms with Crippen molar-refractivity contribution in [3.8, 4) is 5.75 Å². The molecule has 0 fully saturated rings. The molecular weight excluding hydrogens is 361 g/mol. The fourth-order valence-electron chi connectivity index (χ4n) is 2.17. The van der Waals surface area contributed by atoms with Crippen LogP contribution in [0.15, 0.2) is 60.0 Å². The smallest absolute Gasteiger partial charge is 0.261 e. The fourth-order valence-corrected chi connectivity index (χ4v) is 3.16. The lowest BCUT2D eigenvalue weighted by Gasteiger charge is -2.05. The molecule has 0 saturated heterocycles. The Bertz CT molecular complexity index is 864. The summed E-state index contributed by atoms with van der Waals surface area (Å²) < 4.78 is 18.5. The van der Waals surface area contributed by atoms with Crippen LogP contribution in [-0.4, -0.2) is 5.91 Å². The Hall–Kier alpha value is -2.37. The van der Waals surface area contributed by atoms with Crippen LogP contribution >= 0.6 is 22.9 Å². The Labute approximate surface area is 154 Å². The molecule has 6 heteroatoms. The molecule has 2 aromatic carbocycles. The highest BCUT2D eigenvalue weighted by Crippen LogP contribution is 2.20. The fraction of sp³-hybridized carbons (Fsp3) is 0.105. The van der Waals surface area contributed by atoms with Crippen molar-refractivity contribution in [2.24, 2.45) is 0 Å². The van der Waals surface area contributed by atoms with E-state index in [1.807, 2.05) is 17.5 Å². The van der Waals surface area contributed by atoms with Gasteiger partial charge in [0.25, 0.3) is 5.91 Å². The Morgan fingerprint density at radius 1 is 1.12 bits per heavy atom. The molecular formula is C19H15ClFNO2S. The van der Waals surface area contributed by atoms with E-state index in [0.29, 0.717) is 28.8 Å². The molecule has 1 amide bonds. The van der Waals surface area contributed by atoms with Gasteiger partial charge in [-0.1, -0.05) is 29.8 Å². The van der Waals surface area contributed by atoms with Gasteiger partial charge in [-0.2, -0.15) is 0 Å². The first-order chi connectivity index (χ1) is 12.1. The molecule has 3 aromatic rings. The van der Waals surface area contributed by atoms with Gasteiger partial charge in [-0.3, -0.25) is 4.79 Å². The second-order valence-electron chi connectivity index (χ2n) is 5.37. The summed E-state index contributed by atoms with van der Waals surface area (Å²) in [4.78, 5) is 12.8. The maximum Gasteiger partial charge on any atom is 0.261 e. The molecule has 25 heavy (non-hydrogen) atoms. The number of thiophene rings is 1. The van der Waals surface area contributed by atoms with Crippen molar-refractivity contribution >= 4 is 28.8 Å². The van der Waals surface area contributed by atoms with Gasteiger partial charge in [0.05, 0.1) is 4.88 Å². The standard InChI is InChI=1S/C19H15ClFNO2S/c20-15-2-1-3-17(9-15)24-11-14-8-18(25-12-14)19(23)22-10-13-4-6-16(21)7-5-13/h1-9,12H,10-11H2,(H,22,23). The van der Waals surface area contributed by atoms with E-state index >= 15 is 0 Å². The molecule has 0 radical (unpaired) electrons. The molecule has 0 spiro atoms. The van der Waals surface area contributed by atoms with Gasteiger partial charge in [-0.05, 0) is 47.3 Å². The van der Waals surface area contributed by atoms with Gasteiger partial charge < -0.3 is 10.1 Å². The molecule has 0 aliphatic rings. The zero-order valence-electron chi connectivity index (χ0n) is 13.2. The van der Waals surface area contributed by atoms with Gasteiger partial charge in [0.2, 0.25) is 0 Å². The molecule has 1 aromatic heterocycles. The summed E-state index contributed by atoms with van der Waals surface area (Å²) in [5, 5.41) is 5.32. The molecule has 1 heterocycles. The van der Waals surface area contributed by atoms with Crippen LogP contribution in [0, 0.1) is 5.82 Å². The number of hydrogen-bond donors (Lipinski definition) is 1. The van der Waals surface area contributed by atoms with Crippen LogP contribution < -0.4 is 10.1 Å². The molecule has 0 saturated carbocycles. The van der Waals surface area contributed by atoms with Crippen LogP contribution in [-0.2, 0) is 13.2 Å². The van der Waals surface area contributed by atoms with Crippen molar-refractivity contribution in [2.75, 3.05) is 0 Å². The summed E-state index contributed by atoms with van der Waals surface area (Å²) in [5.74, 6) is 0.224. The SMILES string of the molecule is O=C(NCc1ccc(F)cc1)c1cc(COc2cccc(Cl)c2)cs1. The lowest BCUT2D eigenvalue weighted by Crippen LogP contribution is -2.21. The van der Waals surface area contributed by atoms with Crippen molar-refractivity contribution in [2.45, 2.75) is 13.2 Å². The van der Waals surface area contributed by atoms with E-state index < -0.39 is 0 Å². The van der Waals surface area contributed by atoms with Crippen LogP contribution in [0.5, 0.6) is 5.75 Å². The van der Waals surface area contributed by atoms with Crippen LogP contribution in [0.4, 0.5) is 4.39 Å². The lowest BCUT2D eigenvalue weighted by molar-refractivity contribution is 0.0955. The van der Waals surface area contributed by atoms with Crippen LogP contribution in [0.1, 0.15) is 20.8 Å². The Kier molecular flexibility index (Phi) is 5.68. The molecule has 128 valence electrons. The molecule has 3 rings (SSSR count). The summed E-state index contributed by atoms with van der Waals surface area (Å²) >= 11 is 7.27. The van der Waals surface area contributed by atoms with Gasteiger partial charge in [-0.25, -0.2) is 4.39 Å². The van der Waals surface area contributed by atoms with Gasteiger partial charge >= 0.3 is 0 Å². The summed E-state index contributed by atoms with van der Waals surface area (Å²) in [6, 6.07) is 15.0. The number of ether oxygens (including phenoxy) is 1. The topological polar surface area (TPSA) is 38.3 Å². The third kappa shape index (κ3) is 5.05. The number of benzene rings is 2. The molecule has 0 aliphatic heterocycles. The maximum atomic E-state index is 12.9. The number of carbonyl (C=O) groups is 1. The number of hydrogen-bond acceptors (Lipinski definition) is 3. The second kappa shape index (κ2) is 8.14. The monoisotopic (exact) mass is 375 g/mol. The largest absolute Gasteiger partial charge is 0.489 e. The molecule has 0 bridgehead atoms. The highest BCUT2D eigenvalue weighted by Gasteiger charge is 2.09. The van der Waals surface area contributed by atoms with E-state index in [0.717, 1.165) is 11.1 Å². The molecule has 3 nitrogen and oxygen atoms in total. The third-order valence-corrected chi connectivity index (χ3v) is 4.66. The third-order valence-electron chi connectivity index (χ3n) is 3.45. The minimum Gasteiger partial charge on any atom is -0.489 e. The summed E-state index contributed by atoms with van der Waals surface area (Å²) in [6.07, 6.45) is 0. The number of amides is 1. The number of nitrogens with one attached hydrogen (secondary N) is 1. The van der Waals surface area contributed by atoms with Crippen LogP contribution in [0.3, 0.4) is 0 Å². The highest BCUT2D eigenvalue weighted by atomic mass is 35.5. The second-order valence-corrected chi connectivity index (χ2v) is 6.72. The highest BCUT2D eigenvalue weighted by molar-refractivity contribution is 7.12. The average Bonchev–Trinajstić information content (AvgIpc) is 3.08. The van der Waals surface area contributed by atoms with Crippen molar-refractivity contribution in [3.63, 3.8) is 0 Å². The molecule has 0 aliphatic carbocycles. The van der Waals surface area contributed by atoms with Gasteiger partial charge in [0.15, 0.2) is 0 Å². The summed E-state index contributed by atoms with van der Waals surface area (Å²) in [7, 11) is 0. The minimum absolute atomic E-state index is 0.164. The van der Waals surface area contributed by atoms with E-state index in [1.54, 1.807) is 30.3 Å². The van der Waals surface area contributed by atoms with E-state index in [-0.39, 0.29) is 11.7 Å². The lowest BCUT2D eigenvalue weighted by atomic mass is 10.2. The predicted molar refractivity (Wildman–Crippen MR) is 97.7 cm³/mol. The maximum absolute atomic E-state index is 12.9. The zero-order chi connectivity index (χ0) is 17.6. The first-order valence-electron chi connectivity index (χ1n) is 7.58. The normalized spacial score (nSPS) is 10.5. The van der Waals surface area contributed by atoms with Gasteiger partial charge in [-0.15, -0.1) is 11.3 Å². The van der Waals surface area contributed by atoms with Crippen molar-refractivity contribution in [1.29, 1.82) is 0 Å². The first-order valence-corrected chi connectivity index (χ1v) is 8.84. The van der Waals surface area contributed by atoms with Crippen LogP contribution in [0.25, 0.3) is 0 Å². The molecule has 1 N–H and O–H groups in total. The first kappa shape index (κ1) is 17.5. The quantitative estimate of drug-likeness (QED) is 0.654. The van der Waals surface area contributed by atoms with E-state index in [9.17, 15) is 9.18 Å². The van der Waals surface area contributed by atoms with E-state index in [2.05, 4.69) is 5.32 Å². The van der Waals surface area contributed by atoms with Gasteiger partial charge in [0, 0.05) is 17.1 Å².